The smallest absolute Gasteiger partial charge is 0.141 e. The molecule has 0 saturated carbocycles. The maximum absolute atomic E-state index is 5.90. The van der Waals surface area contributed by atoms with Gasteiger partial charge in [-0.25, -0.2) is 0 Å². The third-order valence-electron chi connectivity index (χ3n) is 2.78. The number of hydrogen-bond acceptors (Lipinski definition) is 3. The first-order valence-electron chi connectivity index (χ1n) is 5.81. The summed E-state index contributed by atoms with van der Waals surface area (Å²) in [6, 6.07) is 14.4. The number of nitrogen functional groups attached to an aromatic ring is 1. The van der Waals surface area contributed by atoms with Gasteiger partial charge in [0.2, 0.25) is 0 Å². The second-order valence-electron chi connectivity index (χ2n) is 4.13. The van der Waals surface area contributed by atoms with Crippen LogP contribution < -0.4 is 10.5 Å². The van der Waals surface area contributed by atoms with Gasteiger partial charge < -0.3 is 10.5 Å². The quantitative estimate of drug-likeness (QED) is 0.668. The van der Waals surface area contributed by atoms with Crippen LogP contribution in [0.4, 0.5) is 5.69 Å². The molecule has 2 aromatic rings. The van der Waals surface area contributed by atoms with Gasteiger partial charge in [-0.05, 0) is 36.2 Å². The first-order chi connectivity index (χ1) is 8.70. The van der Waals surface area contributed by atoms with Gasteiger partial charge in [-0.2, -0.15) is 0 Å². The van der Waals surface area contributed by atoms with E-state index < -0.39 is 0 Å². The minimum Gasteiger partial charge on any atom is -0.495 e. The maximum Gasteiger partial charge on any atom is 0.141 e. The van der Waals surface area contributed by atoms with Crippen molar-refractivity contribution in [2.75, 3.05) is 12.8 Å². The number of thioether (sulfide) groups is 1. The van der Waals surface area contributed by atoms with Crippen molar-refractivity contribution >= 4 is 17.4 Å². The molecule has 0 aliphatic heterocycles. The molecule has 0 unspecified atom stereocenters. The third kappa shape index (κ3) is 2.99. The van der Waals surface area contributed by atoms with Gasteiger partial charge in [-0.3, -0.25) is 0 Å². The number of anilines is 1. The fraction of sp³-hybridized carbons (Fsp3) is 0.200. The van der Waals surface area contributed by atoms with Crippen molar-refractivity contribution in [3.05, 3.63) is 53.6 Å². The lowest BCUT2D eigenvalue weighted by Crippen LogP contribution is -1.93. The second-order valence-corrected chi connectivity index (χ2v) is 5.15. The van der Waals surface area contributed by atoms with Crippen LogP contribution in [-0.2, 0) is 5.75 Å². The van der Waals surface area contributed by atoms with E-state index in [-0.39, 0.29) is 0 Å². The van der Waals surface area contributed by atoms with Gasteiger partial charge in [-0.15, -0.1) is 11.8 Å². The largest absolute Gasteiger partial charge is 0.495 e. The molecule has 94 valence electrons. The summed E-state index contributed by atoms with van der Waals surface area (Å²) in [7, 11) is 1.63. The molecule has 0 atom stereocenters. The van der Waals surface area contributed by atoms with E-state index in [2.05, 4.69) is 37.3 Å². The lowest BCUT2D eigenvalue weighted by atomic mass is 10.2. The van der Waals surface area contributed by atoms with E-state index in [0.717, 1.165) is 11.5 Å². The highest BCUT2D eigenvalue weighted by Crippen LogP contribution is 2.28. The van der Waals surface area contributed by atoms with Crippen LogP contribution in [0.1, 0.15) is 11.1 Å². The fourth-order valence-corrected chi connectivity index (χ4v) is 2.73. The topological polar surface area (TPSA) is 35.2 Å². The average Bonchev–Trinajstić information content (AvgIpc) is 2.38. The third-order valence-corrected chi connectivity index (χ3v) is 4.03. The monoisotopic (exact) mass is 259 g/mol. The summed E-state index contributed by atoms with van der Waals surface area (Å²) >= 11 is 1.83. The van der Waals surface area contributed by atoms with Crippen LogP contribution in [0, 0.1) is 6.92 Å². The zero-order chi connectivity index (χ0) is 13.0. The van der Waals surface area contributed by atoms with Gasteiger partial charge in [0.05, 0.1) is 12.8 Å². The van der Waals surface area contributed by atoms with Crippen molar-refractivity contribution in [3.8, 4) is 5.75 Å². The van der Waals surface area contributed by atoms with E-state index >= 15 is 0 Å². The van der Waals surface area contributed by atoms with Crippen molar-refractivity contribution < 1.29 is 4.74 Å². The Morgan fingerprint density at radius 2 is 1.94 bits per heavy atom. The molecule has 0 bridgehead atoms. The number of methoxy groups -OCH3 is 1. The summed E-state index contributed by atoms with van der Waals surface area (Å²) in [6.07, 6.45) is 0. The molecule has 2 N–H and O–H groups in total. The number of ether oxygens (including phenoxy) is 1. The van der Waals surface area contributed by atoms with E-state index in [1.807, 2.05) is 23.9 Å². The van der Waals surface area contributed by atoms with E-state index in [1.165, 1.54) is 16.0 Å². The molecule has 0 aliphatic rings. The summed E-state index contributed by atoms with van der Waals surface area (Å²) in [6.45, 7) is 2.13. The van der Waals surface area contributed by atoms with Gasteiger partial charge in [0, 0.05) is 10.6 Å². The van der Waals surface area contributed by atoms with Crippen molar-refractivity contribution in [3.63, 3.8) is 0 Å². The summed E-state index contributed by atoms with van der Waals surface area (Å²) in [5.74, 6) is 1.65. The Labute approximate surface area is 112 Å². The molecule has 0 heterocycles. The summed E-state index contributed by atoms with van der Waals surface area (Å²) in [4.78, 5) is 1.31. The van der Waals surface area contributed by atoms with Crippen LogP contribution in [0.3, 0.4) is 0 Å². The molecule has 0 amide bonds. The molecule has 0 radical (unpaired) electrons. The van der Waals surface area contributed by atoms with E-state index in [9.17, 15) is 0 Å². The van der Waals surface area contributed by atoms with Crippen LogP contribution in [0.15, 0.2) is 47.4 Å². The van der Waals surface area contributed by atoms with Gasteiger partial charge in [0.1, 0.15) is 5.75 Å². The molecule has 0 fully saturated rings. The van der Waals surface area contributed by atoms with Crippen molar-refractivity contribution in [2.45, 2.75) is 17.6 Å². The molecular formula is C15H17NOS. The number of aryl methyl sites for hydroxylation is 1. The zero-order valence-corrected chi connectivity index (χ0v) is 11.5. The van der Waals surface area contributed by atoms with E-state index in [1.54, 1.807) is 7.11 Å². The molecule has 0 saturated heterocycles. The lowest BCUT2D eigenvalue weighted by Gasteiger charge is -2.08. The van der Waals surface area contributed by atoms with E-state index in [4.69, 9.17) is 10.5 Å². The van der Waals surface area contributed by atoms with Crippen molar-refractivity contribution in [1.29, 1.82) is 0 Å². The molecule has 3 heteroatoms. The Hall–Kier alpha value is -1.61. The number of hydrogen-bond donors (Lipinski definition) is 1. The lowest BCUT2D eigenvalue weighted by molar-refractivity contribution is 0.417. The predicted molar refractivity (Wildman–Crippen MR) is 78.1 cm³/mol. The zero-order valence-electron chi connectivity index (χ0n) is 10.6. The number of benzene rings is 2. The van der Waals surface area contributed by atoms with Crippen LogP contribution in [-0.4, -0.2) is 7.11 Å². The second kappa shape index (κ2) is 5.83. The summed E-state index contributed by atoms with van der Waals surface area (Å²) < 4.78 is 5.15. The van der Waals surface area contributed by atoms with Crippen LogP contribution in [0.25, 0.3) is 0 Å². The summed E-state index contributed by atoms with van der Waals surface area (Å²) in [5.41, 5.74) is 9.11. The molecule has 2 nitrogen and oxygen atoms in total. The minimum atomic E-state index is 0.695. The molecule has 0 spiro atoms. The van der Waals surface area contributed by atoms with E-state index in [0.29, 0.717) is 5.69 Å². The van der Waals surface area contributed by atoms with Gasteiger partial charge >= 0.3 is 0 Å². The average molecular weight is 259 g/mol. The van der Waals surface area contributed by atoms with Crippen LogP contribution in [0.5, 0.6) is 5.75 Å². The fourth-order valence-electron chi connectivity index (χ4n) is 1.75. The normalized spacial score (nSPS) is 10.3. The highest BCUT2D eigenvalue weighted by atomic mass is 32.2. The Bertz CT molecular complexity index is 540. The number of rotatable bonds is 4. The van der Waals surface area contributed by atoms with Gasteiger partial charge in [0.25, 0.3) is 0 Å². The minimum absolute atomic E-state index is 0.695. The van der Waals surface area contributed by atoms with Crippen LogP contribution >= 0.6 is 11.8 Å². The maximum atomic E-state index is 5.90. The Morgan fingerprint density at radius 3 is 2.61 bits per heavy atom. The first kappa shape index (κ1) is 12.8. The highest BCUT2D eigenvalue weighted by Gasteiger charge is 2.03. The molecular weight excluding hydrogens is 242 g/mol. The van der Waals surface area contributed by atoms with Crippen molar-refractivity contribution in [1.82, 2.24) is 0 Å². The standard InChI is InChI=1S/C15H17NOS/c1-11-5-3-4-6-15(11)18-10-12-7-8-14(17-2)13(16)9-12/h3-9H,10,16H2,1-2H3. The highest BCUT2D eigenvalue weighted by molar-refractivity contribution is 7.98. The Kier molecular flexibility index (Phi) is 4.15. The van der Waals surface area contributed by atoms with Gasteiger partial charge in [0.15, 0.2) is 0 Å². The summed E-state index contributed by atoms with van der Waals surface area (Å²) in [5, 5.41) is 0. The van der Waals surface area contributed by atoms with Crippen LogP contribution in [0.2, 0.25) is 0 Å². The Balaban J connectivity index is 2.07. The predicted octanol–water partition coefficient (Wildman–Crippen LogP) is 3.88. The van der Waals surface area contributed by atoms with Crippen molar-refractivity contribution in [2.24, 2.45) is 0 Å². The molecule has 2 aromatic carbocycles. The molecule has 0 aromatic heterocycles. The molecule has 2 rings (SSSR count). The Morgan fingerprint density at radius 1 is 1.17 bits per heavy atom. The first-order valence-corrected chi connectivity index (χ1v) is 6.80. The molecule has 18 heavy (non-hydrogen) atoms. The SMILES string of the molecule is COc1ccc(CSc2ccccc2C)cc1N. The number of nitrogens with two attached hydrogens (primary N) is 1. The molecule has 0 aliphatic carbocycles. The van der Waals surface area contributed by atoms with Gasteiger partial charge in [-0.1, -0.05) is 24.3 Å².